The molecule has 0 fully saturated rings. The van der Waals surface area contributed by atoms with Crippen molar-refractivity contribution in [3.63, 3.8) is 0 Å². The fourth-order valence-corrected chi connectivity index (χ4v) is 4.03. The van der Waals surface area contributed by atoms with E-state index in [-0.39, 0.29) is 30.0 Å². The van der Waals surface area contributed by atoms with Crippen LogP contribution in [0.3, 0.4) is 0 Å². The van der Waals surface area contributed by atoms with Gasteiger partial charge in [-0.25, -0.2) is 0 Å². The minimum Gasteiger partial charge on any atom is -0.481 e. The van der Waals surface area contributed by atoms with Gasteiger partial charge in [0.1, 0.15) is 11.9 Å². The highest BCUT2D eigenvalue weighted by Crippen LogP contribution is 2.25. The molecule has 6 unspecified atom stereocenters. The van der Waals surface area contributed by atoms with Crippen LogP contribution < -0.4 is 0 Å². The number of rotatable bonds is 9. The Hall–Kier alpha value is -1.95. The van der Waals surface area contributed by atoms with Gasteiger partial charge in [-0.3, -0.25) is 14.4 Å². The zero-order chi connectivity index (χ0) is 23.7. The maximum atomic E-state index is 12.5. The average Bonchev–Trinajstić information content (AvgIpc) is 2.68. The first-order valence-electron chi connectivity index (χ1n) is 11.4. The van der Waals surface area contributed by atoms with E-state index in [9.17, 15) is 19.5 Å². The number of hydrogen-bond donors (Lipinski definition) is 2. The molecule has 6 heteroatoms. The first-order chi connectivity index (χ1) is 14.4. The predicted octanol–water partition coefficient (Wildman–Crippen LogP) is 4.70. The van der Waals surface area contributed by atoms with Gasteiger partial charge in [0, 0.05) is 12.8 Å². The van der Waals surface area contributed by atoms with Crippen molar-refractivity contribution in [1.29, 1.82) is 0 Å². The Morgan fingerprint density at radius 3 is 2.48 bits per heavy atom. The molecule has 0 aliphatic carbocycles. The molecule has 0 radical (unpaired) electrons. The number of aliphatic hydroxyl groups is 1. The molecule has 0 bridgehead atoms. The highest BCUT2D eigenvalue weighted by Gasteiger charge is 2.25. The largest absolute Gasteiger partial charge is 0.481 e. The normalized spacial score (nSPS) is 26.8. The molecule has 31 heavy (non-hydrogen) atoms. The van der Waals surface area contributed by atoms with Gasteiger partial charge in [0.15, 0.2) is 0 Å². The van der Waals surface area contributed by atoms with Crippen molar-refractivity contribution in [2.45, 2.75) is 92.3 Å². The first-order valence-corrected chi connectivity index (χ1v) is 11.4. The summed E-state index contributed by atoms with van der Waals surface area (Å²) < 4.78 is 5.71. The van der Waals surface area contributed by atoms with Gasteiger partial charge in [-0.05, 0) is 63.9 Å². The standard InChI is InChI=1S/C25H40O6/c1-15(8-10-22(27)20(6)24(28)29)11-17(3)13-18(4)23-14-21(26)9-7-16(2)12-19(5)25(30)31-23/h7,13,15,17,19-20,22-23,27H,8-12,14H2,1-6H3,(H,28,29)/b16-7+,18-13+. The quantitative estimate of drug-likeness (QED) is 0.401. The summed E-state index contributed by atoms with van der Waals surface area (Å²) in [6.07, 6.45) is 5.79. The molecule has 0 aromatic heterocycles. The molecule has 1 rings (SSSR count). The first kappa shape index (κ1) is 27.1. The molecule has 0 saturated carbocycles. The molecule has 0 saturated heterocycles. The Bertz CT molecular complexity index is 692. The van der Waals surface area contributed by atoms with E-state index >= 15 is 0 Å². The van der Waals surface area contributed by atoms with Gasteiger partial charge in [0.2, 0.25) is 0 Å². The van der Waals surface area contributed by atoms with Crippen LogP contribution in [0.4, 0.5) is 0 Å². The lowest BCUT2D eigenvalue weighted by atomic mass is 9.88. The van der Waals surface area contributed by atoms with Crippen LogP contribution in [-0.4, -0.2) is 40.1 Å². The van der Waals surface area contributed by atoms with E-state index in [1.807, 2.05) is 26.8 Å². The number of ether oxygens (including phenoxy) is 1. The molecule has 1 heterocycles. The summed E-state index contributed by atoms with van der Waals surface area (Å²) in [6.45, 7) is 11.4. The average molecular weight is 437 g/mol. The van der Waals surface area contributed by atoms with Crippen molar-refractivity contribution in [2.24, 2.45) is 23.7 Å². The fourth-order valence-electron chi connectivity index (χ4n) is 4.03. The zero-order valence-corrected chi connectivity index (χ0v) is 19.9. The van der Waals surface area contributed by atoms with Gasteiger partial charge >= 0.3 is 11.9 Å². The second kappa shape index (κ2) is 12.8. The Morgan fingerprint density at radius 1 is 1.23 bits per heavy atom. The fraction of sp³-hybridized carbons (Fsp3) is 0.720. The smallest absolute Gasteiger partial charge is 0.309 e. The Kier molecular flexibility index (Phi) is 11.2. The number of carboxylic acid groups (broad SMARTS) is 1. The number of Topliss-reactive ketones (excluding diaryl/α,β-unsaturated/α-hetero) is 1. The predicted molar refractivity (Wildman–Crippen MR) is 120 cm³/mol. The van der Waals surface area contributed by atoms with Gasteiger partial charge in [-0.15, -0.1) is 0 Å². The van der Waals surface area contributed by atoms with Gasteiger partial charge in [0.25, 0.3) is 0 Å². The summed E-state index contributed by atoms with van der Waals surface area (Å²) in [5, 5.41) is 19.0. The third-order valence-electron chi connectivity index (χ3n) is 6.13. The molecule has 0 spiro atoms. The molecule has 0 aromatic rings. The van der Waals surface area contributed by atoms with E-state index in [0.717, 1.165) is 24.0 Å². The Morgan fingerprint density at radius 2 is 1.87 bits per heavy atom. The summed E-state index contributed by atoms with van der Waals surface area (Å²) in [4.78, 5) is 35.8. The number of carbonyl (C=O) groups excluding carboxylic acids is 2. The molecule has 6 nitrogen and oxygen atoms in total. The van der Waals surface area contributed by atoms with E-state index in [1.54, 1.807) is 0 Å². The third-order valence-corrected chi connectivity index (χ3v) is 6.13. The van der Waals surface area contributed by atoms with Crippen molar-refractivity contribution in [3.8, 4) is 0 Å². The van der Waals surface area contributed by atoms with Crippen molar-refractivity contribution >= 4 is 17.7 Å². The number of ketones is 1. The number of carbonyl (C=O) groups is 3. The van der Waals surface area contributed by atoms with Crippen LogP contribution in [0.25, 0.3) is 0 Å². The van der Waals surface area contributed by atoms with Crippen LogP contribution in [0, 0.1) is 23.7 Å². The molecule has 0 aromatic carbocycles. The zero-order valence-electron chi connectivity index (χ0n) is 19.9. The number of carboxylic acids is 1. The van der Waals surface area contributed by atoms with Crippen LogP contribution in [0.1, 0.15) is 80.1 Å². The molecule has 1 aliphatic heterocycles. The van der Waals surface area contributed by atoms with Crippen molar-refractivity contribution in [1.82, 2.24) is 0 Å². The van der Waals surface area contributed by atoms with Crippen LogP contribution >= 0.6 is 0 Å². The van der Waals surface area contributed by atoms with Gasteiger partial charge in [-0.2, -0.15) is 0 Å². The van der Waals surface area contributed by atoms with E-state index in [1.165, 1.54) is 6.92 Å². The summed E-state index contributed by atoms with van der Waals surface area (Å²) >= 11 is 0. The Labute approximate surface area is 186 Å². The SMILES string of the molecule is C/C1=C\CC(=O)CC(/C(C)=C/C(C)CC(C)CCC(O)C(C)C(=O)O)OC(=O)C(C)C1. The third kappa shape index (κ3) is 9.81. The monoisotopic (exact) mass is 436 g/mol. The van der Waals surface area contributed by atoms with Crippen LogP contribution in [0.2, 0.25) is 0 Å². The lowest BCUT2D eigenvalue weighted by molar-refractivity contribution is -0.152. The minimum atomic E-state index is -0.984. The highest BCUT2D eigenvalue weighted by atomic mass is 16.5. The number of aliphatic carboxylic acids is 1. The van der Waals surface area contributed by atoms with Crippen molar-refractivity contribution < 1.29 is 29.3 Å². The lowest BCUT2D eigenvalue weighted by Gasteiger charge is -2.23. The van der Waals surface area contributed by atoms with E-state index in [2.05, 4.69) is 19.9 Å². The maximum Gasteiger partial charge on any atom is 0.309 e. The molecule has 1 aliphatic rings. The van der Waals surface area contributed by atoms with Crippen LogP contribution in [0.5, 0.6) is 0 Å². The van der Waals surface area contributed by atoms with Crippen LogP contribution in [-0.2, 0) is 19.1 Å². The maximum absolute atomic E-state index is 12.5. The highest BCUT2D eigenvalue weighted by molar-refractivity contribution is 5.82. The number of allylic oxidation sites excluding steroid dienone is 3. The number of esters is 1. The second-order valence-electron chi connectivity index (χ2n) is 9.53. The summed E-state index contributed by atoms with van der Waals surface area (Å²) in [6, 6.07) is 0. The van der Waals surface area contributed by atoms with E-state index in [0.29, 0.717) is 25.2 Å². The molecule has 0 amide bonds. The van der Waals surface area contributed by atoms with Gasteiger partial charge < -0.3 is 14.9 Å². The van der Waals surface area contributed by atoms with Gasteiger partial charge in [-0.1, -0.05) is 38.5 Å². The van der Waals surface area contributed by atoms with Gasteiger partial charge in [0.05, 0.1) is 17.9 Å². The Balaban J connectivity index is 2.72. The summed E-state index contributed by atoms with van der Waals surface area (Å²) in [7, 11) is 0. The summed E-state index contributed by atoms with van der Waals surface area (Å²) in [5.41, 5.74) is 1.92. The minimum absolute atomic E-state index is 0.0574. The molecule has 6 atom stereocenters. The summed E-state index contributed by atoms with van der Waals surface area (Å²) in [5.74, 6) is -1.71. The molecular formula is C25H40O6. The van der Waals surface area contributed by atoms with Crippen molar-refractivity contribution in [3.05, 3.63) is 23.3 Å². The van der Waals surface area contributed by atoms with E-state index in [4.69, 9.17) is 9.84 Å². The number of cyclic esters (lactones) is 1. The number of aliphatic hydroxyl groups excluding tert-OH is 1. The van der Waals surface area contributed by atoms with Crippen LogP contribution in [0.15, 0.2) is 23.3 Å². The topological polar surface area (TPSA) is 101 Å². The molecule has 2 N–H and O–H groups in total. The lowest BCUT2D eigenvalue weighted by Crippen LogP contribution is -2.27. The van der Waals surface area contributed by atoms with E-state index < -0.39 is 24.1 Å². The molecular weight excluding hydrogens is 396 g/mol. The van der Waals surface area contributed by atoms with Crippen molar-refractivity contribution in [2.75, 3.05) is 0 Å². The molecule has 176 valence electrons. The second-order valence-corrected chi connectivity index (χ2v) is 9.53. The number of hydrogen-bond acceptors (Lipinski definition) is 5.